The number of halogens is 1. The van der Waals surface area contributed by atoms with E-state index in [0.29, 0.717) is 13.1 Å². The third-order valence-electron chi connectivity index (χ3n) is 5.93. The normalized spacial score (nSPS) is 22.5. The molecule has 5 rings (SSSR count). The van der Waals surface area contributed by atoms with Crippen molar-refractivity contribution >= 4 is 27.0 Å². The van der Waals surface area contributed by atoms with E-state index in [-0.39, 0.29) is 16.7 Å². The van der Waals surface area contributed by atoms with Crippen LogP contribution < -0.4 is 4.90 Å². The fourth-order valence-electron chi connectivity index (χ4n) is 4.41. The summed E-state index contributed by atoms with van der Waals surface area (Å²) in [5.74, 6) is 0.816. The van der Waals surface area contributed by atoms with E-state index in [9.17, 15) is 12.8 Å². The monoisotopic (exact) mass is 416 g/mol. The summed E-state index contributed by atoms with van der Waals surface area (Å²) in [7, 11) is -3.61. The fraction of sp³-hybridized carbons (Fsp3) is 0.421. The summed E-state index contributed by atoms with van der Waals surface area (Å²) in [5.41, 5.74) is 1.60. The molecule has 3 aromatic rings. The number of hydrogen-bond donors (Lipinski definition) is 0. The number of aryl methyl sites for hydroxylation is 1. The van der Waals surface area contributed by atoms with Crippen molar-refractivity contribution in [3.63, 3.8) is 0 Å². The van der Waals surface area contributed by atoms with Crippen molar-refractivity contribution in [1.82, 2.24) is 23.8 Å². The number of nitrogens with zero attached hydrogens (tertiary/aromatic N) is 6. The molecule has 0 aliphatic carbocycles. The number of hydrogen-bond acceptors (Lipinski definition) is 6. The summed E-state index contributed by atoms with van der Waals surface area (Å²) in [6, 6.07) is 5.02. The number of sulfonamides is 1. The predicted molar refractivity (Wildman–Crippen MR) is 105 cm³/mol. The Kier molecular flexibility index (Phi) is 4.28. The minimum Gasteiger partial charge on any atom is -0.354 e. The van der Waals surface area contributed by atoms with Gasteiger partial charge < -0.3 is 9.47 Å². The quantitative estimate of drug-likeness (QED) is 0.644. The lowest BCUT2D eigenvalue weighted by molar-refractivity contribution is 0.453. The van der Waals surface area contributed by atoms with Gasteiger partial charge in [-0.3, -0.25) is 0 Å². The highest BCUT2D eigenvalue weighted by molar-refractivity contribution is 7.89. The van der Waals surface area contributed by atoms with Crippen molar-refractivity contribution in [2.45, 2.75) is 18.4 Å². The van der Waals surface area contributed by atoms with Crippen LogP contribution in [-0.4, -0.2) is 58.4 Å². The van der Waals surface area contributed by atoms with E-state index < -0.39 is 15.8 Å². The van der Waals surface area contributed by atoms with Crippen LogP contribution in [-0.2, 0) is 16.6 Å². The van der Waals surface area contributed by atoms with E-state index in [0.717, 1.165) is 36.6 Å². The van der Waals surface area contributed by atoms with Gasteiger partial charge >= 0.3 is 0 Å². The highest BCUT2D eigenvalue weighted by Crippen LogP contribution is 2.37. The van der Waals surface area contributed by atoms with Crippen molar-refractivity contribution in [1.29, 1.82) is 0 Å². The van der Waals surface area contributed by atoms with Crippen molar-refractivity contribution in [3.8, 4) is 0 Å². The Hall–Kier alpha value is -2.59. The highest BCUT2D eigenvalue weighted by atomic mass is 32.2. The molecule has 8 nitrogen and oxygen atoms in total. The maximum absolute atomic E-state index is 13.1. The molecule has 2 atom stereocenters. The highest BCUT2D eigenvalue weighted by Gasteiger charge is 2.45. The van der Waals surface area contributed by atoms with Gasteiger partial charge in [-0.15, -0.1) is 0 Å². The van der Waals surface area contributed by atoms with Gasteiger partial charge in [0.2, 0.25) is 10.0 Å². The third kappa shape index (κ3) is 2.98. The number of anilines is 1. The molecule has 1 aromatic carbocycles. The van der Waals surface area contributed by atoms with Crippen LogP contribution in [0, 0.1) is 17.7 Å². The molecule has 152 valence electrons. The molecular weight excluding hydrogens is 395 g/mol. The average molecular weight is 416 g/mol. The molecule has 0 spiro atoms. The van der Waals surface area contributed by atoms with Gasteiger partial charge in [0.05, 0.1) is 11.2 Å². The van der Waals surface area contributed by atoms with Gasteiger partial charge in [0, 0.05) is 32.7 Å². The molecule has 2 aromatic heterocycles. The van der Waals surface area contributed by atoms with E-state index in [1.54, 1.807) is 12.7 Å². The van der Waals surface area contributed by atoms with Crippen LogP contribution in [0.4, 0.5) is 10.2 Å². The van der Waals surface area contributed by atoms with Crippen molar-refractivity contribution in [2.75, 3.05) is 31.1 Å². The molecule has 29 heavy (non-hydrogen) atoms. The van der Waals surface area contributed by atoms with Crippen LogP contribution in [0.1, 0.15) is 6.92 Å². The second kappa shape index (κ2) is 6.74. The average Bonchev–Trinajstić information content (AvgIpc) is 3.40. The van der Waals surface area contributed by atoms with Crippen LogP contribution in [0.5, 0.6) is 0 Å². The molecule has 0 bridgehead atoms. The molecule has 2 aliphatic heterocycles. The Morgan fingerprint density at radius 2 is 1.72 bits per heavy atom. The zero-order chi connectivity index (χ0) is 20.2. The van der Waals surface area contributed by atoms with Crippen LogP contribution in [0.15, 0.2) is 41.8 Å². The van der Waals surface area contributed by atoms with Crippen LogP contribution in [0.3, 0.4) is 0 Å². The molecule has 2 saturated heterocycles. The van der Waals surface area contributed by atoms with Gasteiger partial charge in [-0.2, -0.15) is 4.31 Å². The van der Waals surface area contributed by atoms with Crippen LogP contribution in [0.2, 0.25) is 0 Å². The summed E-state index contributed by atoms with van der Waals surface area (Å²) in [5, 5.41) is 0. The molecule has 0 amide bonds. The fourth-order valence-corrected chi connectivity index (χ4v) is 5.96. The molecule has 0 radical (unpaired) electrons. The second-order valence-electron chi connectivity index (χ2n) is 7.60. The van der Waals surface area contributed by atoms with Gasteiger partial charge in [0.1, 0.15) is 12.1 Å². The van der Waals surface area contributed by atoms with Gasteiger partial charge in [-0.05, 0) is 43.0 Å². The van der Waals surface area contributed by atoms with E-state index >= 15 is 0 Å². The molecule has 2 unspecified atom stereocenters. The Balaban J connectivity index is 1.35. The lowest BCUT2D eigenvalue weighted by atomic mass is 10.0. The van der Waals surface area contributed by atoms with Crippen molar-refractivity contribution in [3.05, 3.63) is 42.7 Å². The molecular formula is C19H21FN6O2S. The molecule has 2 fully saturated rings. The molecule has 2 aliphatic rings. The standard InChI is InChI=1S/C19H21FN6O2S/c1-2-24-12-23-17-18(24)21-11-22-19(17)25-7-13-9-26(10-14(13)8-25)29(27,28)16-5-3-15(20)4-6-16/h3-6,11-14H,2,7-10H2,1H3. The number of fused-ring (bicyclic) bond motifs is 2. The zero-order valence-electron chi connectivity index (χ0n) is 15.9. The summed E-state index contributed by atoms with van der Waals surface area (Å²) in [4.78, 5) is 15.6. The first-order valence-electron chi connectivity index (χ1n) is 9.64. The van der Waals surface area contributed by atoms with Gasteiger partial charge in [-0.25, -0.2) is 27.8 Å². The van der Waals surface area contributed by atoms with E-state index in [1.807, 2.05) is 11.5 Å². The predicted octanol–water partition coefficient (Wildman–Crippen LogP) is 1.74. The van der Waals surface area contributed by atoms with Crippen LogP contribution in [0.25, 0.3) is 11.2 Å². The first-order chi connectivity index (χ1) is 14.0. The molecule has 0 N–H and O–H groups in total. The van der Waals surface area contributed by atoms with Gasteiger partial charge in [0.25, 0.3) is 0 Å². The summed E-state index contributed by atoms with van der Waals surface area (Å²) >= 11 is 0. The van der Waals surface area contributed by atoms with Gasteiger partial charge in [0.15, 0.2) is 17.0 Å². The topological polar surface area (TPSA) is 84.2 Å². The summed E-state index contributed by atoms with van der Waals surface area (Å²) in [6.07, 6.45) is 3.33. The Bertz CT molecular complexity index is 1150. The summed E-state index contributed by atoms with van der Waals surface area (Å²) in [6.45, 7) is 5.20. The number of benzene rings is 1. The maximum Gasteiger partial charge on any atom is 0.243 e. The molecule has 4 heterocycles. The Morgan fingerprint density at radius 1 is 1.03 bits per heavy atom. The molecule has 0 saturated carbocycles. The smallest absolute Gasteiger partial charge is 0.243 e. The Morgan fingerprint density at radius 3 is 2.38 bits per heavy atom. The minimum absolute atomic E-state index is 0.137. The lowest BCUT2D eigenvalue weighted by Gasteiger charge is -2.22. The first kappa shape index (κ1) is 18.4. The van der Waals surface area contributed by atoms with Crippen molar-refractivity contribution in [2.24, 2.45) is 11.8 Å². The SMILES string of the molecule is CCn1cnc2c(N3CC4CN(S(=O)(=O)c5ccc(F)cc5)CC4C3)ncnc21. The maximum atomic E-state index is 13.1. The summed E-state index contributed by atoms with van der Waals surface area (Å²) < 4.78 is 42.4. The lowest BCUT2D eigenvalue weighted by Crippen LogP contribution is -2.33. The third-order valence-corrected chi connectivity index (χ3v) is 7.77. The van der Waals surface area contributed by atoms with Gasteiger partial charge in [-0.1, -0.05) is 0 Å². The van der Waals surface area contributed by atoms with Crippen LogP contribution >= 0.6 is 0 Å². The number of imidazole rings is 1. The zero-order valence-corrected chi connectivity index (χ0v) is 16.8. The van der Waals surface area contributed by atoms with Crippen molar-refractivity contribution < 1.29 is 12.8 Å². The van der Waals surface area contributed by atoms with E-state index in [1.165, 1.54) is 28.6 Å². The minimum atomic E-state index is -3.61. The largest absolute Gasteiger partial charge is 0.354 e. The number of aromatic nitrogens is 4. The molecule has 10 heteroatoms. The van der Waals surface area contributed by atoms with E-state index in [2.05, 4.69) is 19.9 Å². The van der Waals surface area contributed by atoms with E-state index in [4.69, 9.17) is 0 Å². The Labute approximate surface area is 168 Å². The second-order valence-corrected chi connectivity index (χ2v) is 9.54. The first-order valence-corrected chi connectivity index (χ1v) is 11.1. The number of rotatable bonds is 4.